The number of ether oxygens (including phenoxy) is 2. The van der Waals surface area contributed by atoms with E-state index in [2.05, 4.69) is 0 Å². The van der Waals surface area contributed by atoms with Crippen LogP contribution in [0.2, 0.25) is 0 Å². The van der Waals surface area contributed by atoms with Crippen LogP contribution in [-0.2, 0) is 19.1 Å². The quantitative estimate of drug-likeness (QED) is 0.617. The summed E-state index contributed by atoms with van der Waals surface area (Å²) in [6, 6.07) is 0. The van der Waals surface area contributed by atoms with E-state index in [1.807, 2.05) is 0 Å². The van der Waals surface area contributed by atoms with E-state index in [4.69, 9.17) is 9.47 Å². The maximum atomic E-state index is 11.6. The molecule has 4 heteroatoms. The molecule has 1 saturated heterocycles. The molecule has 1 aliphatic carbocycles. The van der Waals surface area contributed by atoms with Crippen LogP contribution in [0.15, 0.2) is 0 Å². The molecular formula is C11H16O4. The lowest BCUT2D eigenvalue weighted by molar-refractivity contribution is -0.198. The van der Waals surface area contributed by atoms with Gasteiger partial charge < -0.3 is 9.47 Å². The lowest BCUT2D eigenvalue weighted by Crippen LogP contribution is -2.46. The van der Waals surface area contributed by atoms with Gasteiger partial charge in [-0.1, -0.05) is 19.3 Å². The predicted octanol–water partition coefficient (Wildman–Crippen LogP) is 1.42. The molecule has 0 aromatic carbocycles. The van der Waals surface area contributed by atoms with Crippen LogP contribution in [0, 0.1) is 5.92 Å². The van der Waals surface area contributed by atoms with Crippen LogP contribution in [-0.4, -0.2) is 24.1 Å². The second-order valence-electron chi connectivity index (χ2n) is 4.33. The van der Waals surface area contributed by atoms with Gasteiger partial charge in [0, 0.05) is 5.92 Å². The molecule has 4 nitrogen and oxygen atoms in total. The van der Waals surface area contributed by atoms with Gasteiger partial charge in [0.05, 0.1) is 0 Å². The summed E-state index contributed by atoms with van der Waals surface area (Å²) >= 11 is 0. The second-order valence-corrected chi connectivity index (χ2v) is 4.33. The van der Waals surface area contributed by atoms with Gasteiger partial charge >= 0.3 is 11.9 Å². The Balaban J connectivity index is 2.01. The number of cyclic esters (lactones) is 2. The molecular weight excluding hydrogens is 196 g/mol. The van der Waals surface area contributed by atoms with Gasteiger partial charge in [-0.25, -0.2) is 9.59 Å². The van der Waals surface area contributed by atoms with E-state index >= 15 is 0 Å². The van der Waals surface area contributed by atoms with Gasteiger partial charge in [-0.2, -0.15) is 0 Å². The molecule has 0 radical (unpaired) electrons. The van der Waals surface area contributed by atoms with Crippen LogP contribution >= 0.6 is 0 Å². The largest absolute Gasteiger partial charge is 0.448 e. The van der Waals surface area contributed by atoms with E-state index in [-0.39, 0.29) is 11.9 Å². The highest BCUT2D eigenvalue weighted by Crippen LogP contribution is 2.30. The summed E-state index contributed by atoms with van der Waals surface area (Å²) < 4.78 is 10.1. The Morgan fingerprint density at radius 3 is 2.33 bits per heavy atom. The first-order valence-electron chi connectivity index (χ1n) is 5.59. The molecule has 2 aliphatic rings. The van der Waals surface area contributed by atoms with Gasteiger partial charge in [-0.05, 0) is 19.8 Å². The maximum absolute atomic E-state index is 11.6. The van der Waals surface area contributed by atoms with Crippen molar-refractivity contribution in [3.8, 4) is 0 Å². The van der Waals surface area contributed by atoms with Crippen molar-refractivity contribution < 1.29 is 19.1 Å². The van der Waals surface area contributed by atoms with Gasteiger partial charge in [0.1, 0.15) is 0 Å². The Labute approximate surface area is 88.9 Å². The summed E-state index contributed by atoms with van der Waals surface area (Å²) in [4.78, 5) is 22.8. The number of esters is 2. The molecule has 0 aromatic rings. The summed E-state index contributed by atoms with van der Waals surface area (Å²) in [5.41, 5.74) is 0. The molecule has 1 heterocycles. The highest BCUT2D eigenvalue weighted by molar-refractivity contribution is 5.87. The van der Waals surface area contributed by atoms with Crippen molar-refractivity contribution in [1.82, 2.24) is 0 Å². The minimum absolute atomic E-state index is 0.169. The van der Waals surface area contributed by atoms with Crippen molar-refractivity contribution in [2.75, 3.05) is 0 Å². The van der Waals surface area contributed by atoms with Gasteiger partial charge in [-0.3, -0.25) is 0 Å². The first-order valence-corrected chi connectivity index (χ1v) is 5.59. The van der Waals surface area contributed by atoms with Crippen molar-refractivity contribution in [2.24, 2.45) is 5.92 Å². The predicted molar refractivity (Wildman–Crippen MR) is 52.0 cm³/mol. The molecule has 0 N–H and O–H groups in total. The molecule has 0 amide bonds. The zero-order valence-corrected chi connectivity index (χ0v) is 8.90. The molecule has 84 valence electrons. The van der Waals surface area contributed by atoms with E-state index in [1.54, 1.807) is 0 Å². The maximum Gasteiger partial charge on any atom is 0.348 e. The summed E-state index contributed by atoms with van der Waals surface area (Å²) in [5, 5.41) is 0. The van der Waals surface area contributed by atoms with Crippen molar-refractivity contribution in [3.63, 3.8) is 0 Å². The van der Waals surface area contributed by atoms with E-state index in [0.29, 0.717) is 0 Å². The number of hydrogen-bond acceptors (Lipinski definition) is 4. The Hall–Kier alpha value is -1.06. The molecule has 0 aromatic heterocycles. The van der Waals surface area contributed by atoms with Gasteiger partial charge in [0.25, 0.3) is 0 Å². The number of carbonyl (C=O) groups is 2. The minimum atomic E-state index is -0.739. The van der Waals surface area contributed by atoms with Crippen LogP contribution in [0.25, 0.3) is 0 Å². The average molecular weight is 212 g/mol. The smallest absolute Gasteiger partial charge is 0.348 e. The van der Waals surface area contributed by atoms with Crippen LogP contribution in [0.3, 0.4) is 0 Å². The van der Waals surface area contributed by atoms with E-state index < -0.39 is 18.2 Å². The van der Waals surface area contributed by atoms with E-state index in [1.165, 1.54) is 13.3 Å². The molecule has 2 unspecified atom stereocenters. The highest BCUT2D eigenvalue weighted by atomic mass is 16.6. The van der Waals surface area contributed by atoms with Crippen molar-refractivity contribution in [1.29, 1.82) is 0 Å². The zero-order valence-electron chi connectivity index (χ0n) is 8.90. The Morgan fingerprint density at radius 2 is 1.67 bits per heavy atom. The van der Waals surface area contributed by atoms with Crippen molar-refractivity contribution in [3.05, 3.63) is 0 Å². The zero-order chi connectivity index (χ0) is 10.8. The fourth-order valence-corrected chi connectivity index (χ4v) is 2.28. The first-order chi connectivity index (χ1) is 7.18. The fourth-order valence-electron chi connectivity index (χ4n) is 2.28. The molecule has 1 aliphatic heterocycles. The van der Waals surface area contributed by atoms with Crippen LogP contribution in [0.4, 0.5) is 0 Å². The van der Waals surface area contributed by atoms with Crippen molar-refractivity contribution >= 4 is 11.9 Å². The van der Waals surface area contributed by atoms with E-state index in [0.717, 1.165) is 25.7 Å². The third kappa shape index (κ3) is 2.13. The Kier molecular flexibility index (Phi) is 2.93. The standard InChI is InChI=1S/C11H16O4/c1-7-10(12)15-9(11(13)14-7)8-5-3-2-4-6-8/h7-9H,2-6H2,1H3. The SMILES string of the molecule is CC1OC(=O)C(C2CCCCC2)OC1=O. The van der Waals surface area contributed by atoms with Gasteiger partial charge in [-0.15, -0.1) is 0 Å². The normalized spacial score (nSPS) is 33.4. The molecule has 2 fully saturated rings. The second kappa shape index (κ2) is 4.21. The molecule has 0 spiro atoms. The first kappa shape index (κ1) is 10.5. The molecule has 15 heavy (non-hydrogen) atoms. The Morgan fingerprint density at radius 1 is 1.00 bits per heavy atom. The van der Waals surface area contributed by atoms with Crippen LogP contribution in [0.5, 0.6) is 0 Å². The topological polar surface area (TPSA) is 52.6 Å². The number of hydrogen-bond donors (Lipinski definition) is 0. The Bertz CT molecular complexity index is 268. The van der Waals surface area contributed by atoms with Gasteiger partial charge in [0.2, 0.25) is 6.10 Å². The third-order valence-corrected chi connectivity index (χ3v) is 3.18. The molecule has 0 bridgehead atoms. The van der Waals surface area contributed by atoms with Gasteiger partial charge in [0.15, 0.2) is 6.10 Å². The average Bonchev–Trinajstić information content (AvgIpc) is 2.25. The molecule has 2 atom stereocenters. The minimum Gasteiger partial charge on any atom is -0.448 e. The summed E-state index contributed by atoms with van der Waals surface area (Å²) in [7, 11) is 0. The van der Waals surface area contributed by atoms with Crippen molar-refractivity contribution in [2.45, 2.75) is 51.2 Å². The lowest BCUT2D eigenvalue weighted by Gasteiger charge is -2.32. The summed E-state index contributed by atoms with van der Waals surface area (Å²) in [6.45, 7) is 1.54. The summed E-state index contributed by atoms with van der Waals surface area (Å²) in [6.07, 6.45) is 3.97. The van der Waals surface area contributed by atoms with Crippen LogP contribution < -0.4 is 0 Å². The molecule has 1 saturated carbocycles. The third-order valence-electron chi connectivity index (χ3n) is 3.18. The monoisotopic (exact) mass is 212 g/mol. The van der Waals surface area contributed by atoms with Crippen LogP contribution in [0.1, 0.15) is 39.0 Å². The summed E-state index contributed by atoms with van der Waals surface area (Å²) in [5.74, 6) is -0.609. The fraction of sp³-hybridized carbons (Fsp3) is 0.818. The lowest BCUT2D eigenvalue weighted by atomic mass is 9.85. The molecule has 2 rings (SSSR count). The highest BCUT2D eigenvalue weighted by Gasteiger charge is 2.40. The number of carbonyl (C=O) groups excluding carboxylic acids is 2. The van der Waals surface area contributed by atoms with E-state index in [9.17, 15) is 9.59 Å². The number of rotatable bonds is 1.